The number of methoxy groups -OCH3 is 4. The van der Waals surface area contributed by atoms with Crippen molar-refractivity contribution in [3.8, 4) is 23.0 Å². The van der Waals surface area contributed by atoms with Gasteiger partial charge in [-0.15, -0.1) is 0 Å². The summed E-state index contributed by atoms with van der Waals surface area (Å²) in [5.41, 5.74) is 1.78. The maximum atomic E-state index is 12.6. The van der Waals surface area contributed by atoms with E-state index in [1.807, 2.05) is 6.92 Å². The molecular formula is C19H23NO6. The molecule has 0 fully saturated rings. The SMILES string of the molecule is COCOc1c(OC)ccc(NC(=O)c2ccc(OC)c(OC)c2)c1C. The molecule has 0 saturated heterocycles. The highest BCUT2D eigenvalue weighted by Gasteiger charge is 2.16. The van der Waals surface area contributed by atoms with Crippen LogP contribution in [0.2, 0.25) is 0 Å². The van der Waals surface area contributed by atoms with Gasteiger partial charge in [-0.3, -0.25) is 4.79 Å². The van der Waals surface area contributed by atoms with Gasteiger partial charge in [0.05, 0.1) is 21.3 Å². The third-order valence-corrected chi connectivity index (χ3v) is 3.80. The van der Waals surface area contributed by atoms with Crippen molar-refractivity contribution in [1.29, 1.82) is 0 Å². The normalized spacial score (nSPS) is 10.2. The summed E-state index contributed by atoms with van der Waals surface area (Å²) in [6, 6.07) is 8.45. The minimum Gasteiger partial charge on any atom is -0.493 e. The van der Waals surface area contributed by atoms with Crippen molar-refractivity contribution < 1.29 is 28.5 Å². The molecule has 0 atom stereocenters. The van der Waals surface area contributed by atoms with Gasteiger partial charge in [-0.25, -0.2) is 0 Å². The van der Waals surface area contributed by atoms with E-state index in [0.29, 0.717) is 34.2 Å². The van der Waals surface area contributed by atoms with Crippen molar-refractivity contribution in [3.63, 3.8) is 0 Å². The third kappa shape index (κ3) is 4.18. The van der Waals surface area contributed by atoms with E-state index in [2.05, 4.69) is 5.32 Å². The van der Waals surface area contributed by atoms with Gasteiger partial charge in [-0.2, -0.15) is 0 Å². The Kier molecular flexibility index (Phi) is 6.68. The van der Waals surface area contributed by atoms with E-state index in [1.165, 1.54) is 14.2 Å². The number of carbonyl (C=O) groups is 1. The summed E-state index contributed by atoms with van der Waals surface area (Å²) in [6.07, 6.45) is 0. The first-order chi connectivity index (χ1) is 12.5. The van der Waals surface area contributed by atoms with E-state index in [1.54, 1.807) is 44.6 Å². The molecular weight excluding hydrogens is 338 g/mol. The molecule has 140 valence electrons. The van der Waals surface area contributed by atoms with E-state index >= 15 is 0 Å². The average molecular weight is 361 g/mol. The molecule has 2 rings (SSSR count). The summed E-state index contributed by atoms with van der Waals surface area (Å²) >= 11 is 0. The number of carbonyl (C=O) groups excluding carboxylic acids is 1. The summed E-state index contributed by atoms with van der Waals surface area (Å²) in [4.78, 5) is 12.6. The second kappa shape index (κ2) is 8.96. The first kappa shape index (κ1) is 19.4. The van der Waals surface area contributed by atoms with Gasteiger partial charge < -0.3 is 29.0 Å². The maximum absolute atomic E-state index is 12.6. The van der Waals surface area contributed by atoms with Gasteiger partial charge >= 0.3 is 0 Å². The summed E-state index contributed by atoms with van der Waals surface area (Å²) in [5, 5.41) is 2.87. The number of hydrogen-bond acceptors (Lipinski definition) is 6. The van der Waals surface area contributed by atoms with Gasteiger partial charge in [0.15, 0.2) is 29.8 Å². The van der Waals surface area contributed by atoms with Crippen LogP contribution in [0.25, 0.3) is 0 Å². The lowest BCUT2D eigenvalue weighted by atomic mass is 10.1. The van der Waals surface area contributed by atoms with E-state index in [4.69, 9.17) is 23.7 Å². The van der Waals surface area contributed by atoms with Crippen LogP contribution in [-0.2, 0) is 4.74 Å². The molecule has 0 aromatic heterocycles. The zero-order chi connectivity index (χ0) is 19.1. The standard InChI is InChI=1S/C19H23NO6/c1-12-14(7-9-16(24-4)18(12)26-11-22-2)20-19(21)13-6-8-15(23-3)17(10-13)25-5/h6-10H,11H2,1-5H3,(H,20,21). The zero-order valence-electron chi connectivity index (χ0n) is 15.5. The molecule has 1 N–H and O–H groups in total. The molecule has 0 heterocycles. The minimum absolute atomic E-state index is 0.0737. The van der Waals surface area contributed by atoms with Crippen LogP contribution in [0.1, 0.15) is 15.9 Å². The minimum atomic E-state index is -0.281. The average Bonchev–Trinajstić information content (AvgIpc) is 2.67. The zero-order valence-corrected chi connectivity index (χ0v) is 15.5. The lowest BCUT2D eigenvalue weighted by molar-refractivity contribution is 0.0487. The predicted octanol–water partition coefficient (Wildman–Crippen LogP) is 3.26. The van der Waals surface area contributed by atoms with Crippen molar-refractivity contribution in [1.82, 2.24) is 0 Å². The highest BCUT2D eigenvalue weighted by Crippen LogP contribution is 2.36. The lowest BCUT2D eigenvalue weighted by Crippen LogP contribution is -2.14. The van der Waals surface area contributed by atoms with Gasteiger partial charge in [-0.05, 0) is 37.3 Å². The first-order valence-corrected chi connectivity index (χ1v) is 7.88. The smallest absolute Gasteiger partial charge is 0.255 e. The van der Waals surface area contributed by atoms with Gasteiger partial charge in [-0.1, -0.05) is 0 Å². The Morgan fingerprint density at radius 2 is 1.58 bits per heavy atom. The number of nitrogens with one attached hydrogen (secondary N) is 1. The van der Waals surface area contributed by atoms with Crippen LogP contribution in [0.5, 0.6) is 23.0 Å². The van der Waals surface area contributed by atoms with Gasteiger partial charge in [0.25, 0.3) is 5.91 Å². The topological polar surface area (TPSA) is 75.2 Å². The van der Waals surface area contributed by atoms with Crippen LogP contribution < -0.4 is 24.3 Å². The van der Waals surface area contributed by atoms with E-state index in [9.17, 15) is 4.79 Å². The third-order valence-electron chi connectivity index (χ3n) is 3.80. The second-order valence-electron chi connectivity index (χ2n) is 5.34. The van der Waals surface area contributed by atoms with Crippen molar-refractivity contribution in [2.75, 3.05) is 40.5 Å². The molecule has 0 unspecified atom stereocenters. The molecule has 0 aliphatic carbocycles. The summed E-state index contributed by atoms with van der Waals surface area (Å²) in [7, 11) is 6.15. The summed E-state index contributed by atoms with van der Waals surface area (Å²) in [5.74, 6) is 1.83. The highest BCUT2D eigenvalue weighted by molar-refractivity contribution is 6.05. The van der Waals surface area contributed by atoms with Crippen molar-refractivity contribution in [2.45, 2.75) is 6.92 Å². The first-order valence-electron chi connectivity index (χ1n) is 7.88. The molecule has 0 spiro atoms. The quantitative estimate of drug-likeness (QED) is 0.728. The van der Waals surface area contributed by atoms with Crippen molar-refractivity contribution in [2.24, 2.45) is 0 Å². The van der Waals surface area contributed by atoms with E-state index in [0.717, 1.165) is 5.56 Å². The van der Waals surface area contributed by atoms with Crippen LogP contribution in [0.4, 0.5) is 5.69 Å². The maximum Gasteiger partial charge on any atom is 0.255 e. The predicted molar refractivity (Wildman–Crippen MR) is 97.7 cm³/mol. The highest BCUT2D eigenvalue weighted by atomic mass is 16.7. The van der Waals surface area contributed by atoms with Gasteiger partial charge in [0.1, 0.15) is 0 Å². The molecule has 0 aliphatic rings. The molecule has 0 bridgehead atoms. The van der Waals surface area contributed by atoms with Crippen LogP contribution in [0.15, 0.2) is 30.3 Å². The monoisotopic (exact) mass is 361 g/mol. The van der Waals surface area contributed by atoms with Gasteiger partial charge in [0, 0.05) is 23.9 Å². The number of amides is 1. The Bertz CT molecular complexity index is 775. The fourth-order valence-electron chi connectivity index (χ4n) is 2.43. The number of anilines is 1. The number of ether oxygens (including phenoxy) is 5. The summed E-state index contributed by atoms with van der Waals surface area (Å²) in [6.45, 7) is 1.90. The lowest BCUT2D eigenvalue weighted by Gasteiger charge is -2.16. The molecule has 1 amide bonds. The Labute approximate surface area is 152 Å². The van der Waals surface area contributed by atoms with Crippen molar-refractivity contribution in [3.05, 3.63) is 41.5 Å². The largest absolute Gasteiger partial charge is 0.493 e. The van der Waals surface area contributed by atoms with Crippen molar-refractivity contribution >= 4 is 11.6 Å². The van der Waals surface area contributed by atoms with E-state index in [-0.39, 0.29) is 12.7 Å². The van der Waals surface area contributed by atoms with Crippen LogP contribution >= 0.6 is 0 Å². The Balaban J connectivity index is 2.28. The molecule has 26 heavy (non-hydrogen) atoms. The van der Waals surface area contributed by atoms with Crippen LogP contribution in [0.3, 0.4) is 0 Å². The fraction of sp³-hybridized carbons (Fsp3) is 0.316. The Hall–Kier alpha value is -2.93. The molecule has 2 aromatic carbocycles. The molecule has 7 heteroatoms. The number of benzene rings is 2. The summed E-state index contributed by atoms with van der Waals surface area (Å²) < 4.78 is 26.2. The Morgan fingerprint density at radius 1 is 0.923 bits per heavy atom. The van der Waals surface area contributed by atoms with Crippen LogP contribution in [0, 0.1) is 6.92 Å². The fourth-order valence-corrected chi connectivity index (χ4v) is 2.43. The Morgan fingerprint density at radius 3 is 2.19 bits per heavy atom. The molecule has 0 aliphatic heterocycles. The molecule has 7 nitrogen and oxygen atoms in total. The molecule has 0 radical (unpaired) electrons. The van der Waals surface area contributed by atoms with E-state index < -0.39 is 0 Å². The second-order valence-corrected chi connectivity index (χ2v) is 5.34. The molecule has 0 saturated carbocycles. The van der Waals surface area contributed by atoms with Gasteiger partial charge in [0.2, 0.25) is 0 Å². The number of rotatable bonds is 8. The molecule has 2 aromatic rings. The van der Waals surface area contributed by atoms with Crippen LogP contribution in [-0.4, -0.2) is 41.1 Å². The number of hydrogen-bond donors (Lipinski definition) is 1.